The van der Waals surface area contributed by atoms with Gasteiger partial charge in [0.1, 0.15) is 91.6 Å². The van der Waals surface area contributed by atoms with Crippen molar-refractivity contribution < 1.29 is 100 Å². The molecule has 20 nitrogen and oxygen atoms in total. The largest absolute Gasteiger partial charge is 0.394 e. The molecule has 0 radical (unpaired) electrons. The Labute approximate surface area is 254 Å². The monoisotopic (exact) mass is 662 g/mol. The highest BCUT2D eigenvalue weighted by atomic mass is 16.6. The molecular weight excluding hydrogens is 620 g/mol. The van der Waals surface area contributed by atoms with Gasteiger partial charge in [-0.05, 0) is 13.8 Å². The summed E-state index contributed by atoms with van der Waals surface area (Å²) in [6.45, 7) is -2.60. The minimum atomic E-state index is -4.33. The van der Waals surface area contributed by atoms with Crippen molar-refractivity contribution >= 4 is 11.6 Å². The number of aliphatic hydroxyl groups is 15. The molecule has 3 fully saturated rings. The van der Waals surface area contributed by atoms with Gasteiger partial charge in [0.15, 0.2) is 28.4 Å². The lowest BCUT2D eigenvalue weighted by atomic mass is 9.56. The molecule has 0 aromatic rings. The van der Waals surface area contributed by atoms with Gasteiger partial charge < -0.3 is 90.8 Å². The van der Waals surface area contributed by atoms with Crippen LogP contribution in [0.1, 0.15) is 13.8 Å². The molecule has 3 rings (SSSR count). The average molecular weight is 663 g/mol. The average Bonchev–Trinajstić information content (AvgIpc) is 3.00. The first kappa shape index (κ1) is 38.1. The standard InChI is InChI=1S/C25H42O20/c1-6(29)23(40,20-17(37)14(34)11(31)8(3-26)43-20)25(42,22-19(39)16(36)13(33)10(5-28)45-22)24(41,7(2)30)21-18(38)15(35)12(32)9(4-27)44-21/h8-22,26-28,31-42H,3-5H2,1-2H3/t8-,9-,10-,11+,12+,13+,14+,15+,16+,17-,18-,19-,20?,21?,22?,23?,24?,25?/m1/s1. The number of aliphatic hydroxyl groups excluding tert-OH is 12. The second-order valence-electron chi connectivity index (χ2n) is 11.7. The summed E-state index contributed by atoms with van der Waals surface area (Å²) in [7, 11) is 0. The molecule has 0 saturated carbocycles. The lowest BCUT2D eigenvalue weighted by Gasteiger charge is -2.62. The van der Waals surface area contributed by atoms with Gasteiger partial charge in [0, 0.05) is 0 Å². The lowest BCUT2D eigenvalue weighted by Crippen LogP contribution is -2.89. The molecule has 0 aromatic carbocycles. The fourth-order valence-corrected chi connectivity index (χ4v) is 6.44. The number of carbonyl (C=O) groups is 2. The van der Waals surface area contributed by atoms with E-state index in [1.54, 1.807) is 0 Å². The highest BCUT2D eigenvalue weighted by Crippen LogP contribution is 2.50. The molecule has 0 amide bonds. The predicted molar refractivity (Wildman–Crippen MR) is 138 cm³/mol. The van der Waals surface area contributed by atoms with E-state index in [0.29, 0.717) is 13.8 Å². The third-order valence-corrected chi connectivity index (χ3v) is 9.15. The number of carbonyl (C=O) groups excluding carboxylic acids is 2. The zero-order valence-corrected chi connectivity index (χ0v) is 24.0. The number of hydrogen-bond acceptors (Lipinski definition) is 20. The number of ether oxygens (including phenoxy) is 3. The van der Waals surface area contributed by atoms with Crippen molar-refractivity contribution in [1.82, 2.24) is 0 Å². The first-order chi connectivity index (χ1) is 20.7. The van der Waals surface area contributed by atoms with Gasteiger partial charge in [0.25, 0.3) is 0 Å². The number of hydrogen-bond donors (Lipinski definition) is 15. The maximum Gasteiger partial charge on any atom is 0.186 e. The van der Waals surface area contributed by atoms with Crippen molar-refractivity contribution in [3.05, 3.63) is 0 Å². The summed E-state index contributed by atoms with van der Waals surface area (Å²) in [6.07, 6.45) is -36.0. The molecule has 3 saturated heterocycles. The minimum Gasteiger partial charge on any atom is -0.394 e. The van der Waals surface area contributed by atoms with Crippen LogP contribution in [0.25, 0.3) is 0 Å². The number of rotatable bonds is 10. The van der Waals surface area contributed by atoms with Crippen molar-refractivity contribution in [3.63, 3.8) is 0 Å². The van der Waals surface area contributed by atoms with Gasteiger partial charge in [0.2, 0.25) is 0 Å². The maximum absolute atomic E-state index is 13.5. The molecule has 0 bridgehead atoms. The van der Waals surface area contributed by atoms with Crippen LogP contribution < -0.4 is 0 Å². The van der Waals surface area contributed by atoms with Gasteiger partial charge in [-0.3, -0.25) is 9.59 Å². The smallest absolute Gasteiger partial charge is 0.186 e. The normalized spacial score (nSPS) is 46.8. The number of Topliss-reactive ketones (excluding diaryl/α,β-unsaturated/α-hetero) is 2. The highest BCUT2D eigenvalue weighted by molar-refractivity contribution is 5.93. The third-order valence-electron chi connectivity index (χ3n) is 9.15. The van der Waals surface area contributed by atoms with E-state index in [9.17, 15) is 86.2 Å². The zero-order valence-electron chi connectivity index (χ0n) is 24.0. The first-order valence-corrected chi connectivity index (χ1v) is 13.9. The van der Waals surface area contributed by atoms with Gasteiger partial charge in [-0.2, -0.15) is 0 Å². The van der Waals surface area contributed by atoms with Crippen LogP contribution in [0.5, 0.6) is 0 Å². The van der Waals surface area contributed by atoms with E-state index < -0.39 is 140 Å². The Morgan fingerprint density at radius 3 is 0.956 bits per heavy atom. The van der Waals surface area contributed by atoms with Crippen LogP contribution in [0.2, 0.25) is 0 Å². The van der Waals surface area contributed by atoms with Crippen LogP contribution in [0.3, 0.4) is 0 Å². The summed E-state index contributed by atoms with van der Waals surface area (Å²) in [4.78, 5) is 27.0. The third kappa shape index (κ3) is 5.54. The molecule has 262 valence electrons. The van der Waals surface area contributed by atoms with Gasteiger partial charge in [-0.25, -0.2) is 0 Å². The van der Waals surface area contributed by atoms with E-state index in [1.807, 2.05) is 0 Å². The molecule has 17 atom stereocenters. The van der Waals surface area contributed by atoms with E-state index in [1.165, 1.54) is 0 Å². The molecule has 0 aliphatic carbocycles. The van der Waals surface area contributed by atoms with Crippen molar-refractivity contribution in [2.45, 2.75) is 122 Å². The molecule has 15 N–H and O–H groups in total. The Balaban J connectivity index is 2.46. The fourth-order valence-electron chi connectivity index (χ4n) is 6.44. The van der Waals surface area contributed by atoms with Crippen molar-refractivity contribution in [1.29, 1.82) is 0 Å². The zero-order chi connectivity index (χ0) is 34.6. The number of ketones is 2. The molecule has 20 heteroatoms. The summed E-state index contributed by atoms with van der Waals surface area (Å²) >= 11 is 0. The van der Waals surface area contributed by atoms with Crippen LogP contribution in [-0.4, -0.2) is 216 Å². The maximum atomic E-state index is 13.5. The van der Waals surface area contributed by atoms with E-state index in [4.69, 9.17) is 14.2 Å². The van der Waals surface area contributed by atoms with Crippen molar-refractivity contribution in [3.8, 4) is 0 Å². The molecule has 45 heavy (non-hydrogen) atoms. The van der Waals surface area contributed by atoms with Crippen LogP contribution in [0.15, 0.2) is 0 Å². The molecule has 3 aliphatic rings. The molecule has 0 spiro atoms. The van der Waals surface area contributed by atoms with E-state index in [-0.39, 0.29) is 0 Å². The molecule has 5 unspecified atom stereocenters. The summed E-state index contributed by atoms with van der Waals surface area (Å²) in [6, 6.07) is 0. The second kappa shape index (κ2) is 13.6. The molecule has 0 aromatic heterocycles. The molecular formula is C25H42O20. The SMILES string of the molecule is CC(=O)C(O)(C1O[C@H](CO)[C@H](O)[C@H](O)[C@H]1O)C(O)(C1O[C@H](CO)[C@H](O)[C@H](O)[C@H]1O)C(O)(C(C)=O)C1O[C@H](CO)[C@H](O)[C@H](O)[C@H]1O. The summed E-state index contributed by atoms with van der Waals surface area (Å²) in [5.41, 5.74) is -12.5. The fraction of sp³-hybridized carbons (Fsp3) is 0.920. The van der Waals surface area contributed by atoms with Crippen LogP contribution in [0.4, 0.5) is 0 Å². The van der Waals surface area contributed by atoms with E-state index in [0.717, 1.165) is 0 Å². The Bertz CT molecular complexity index is 996. The van der Waals surface area contributed by atoms with Gasteiger partial charge in [0.05, 0.1) is 19.8 Å². The summed E-state index contributed by atoms with van der Waals surface area (Å²) in [5.74, 6) is -3.54. The Morgan fingerprint density at radius 1 is 0.467 bits per heavy atom. The van der Waals surface area contributed by atoms with Gasteiger partial charge >= 0.3 is 0 Å². The first-order valence-electron chi connectivity index (χ1n) is 13.9. The summed E-state index contributed by atoms with van der Waals surface area (Å²) in [5, 5.41) is 162. The highest BCUT2D eigenvalue weighted by Gasteiger charge is 2.80. The van der Waals surface area contributed by atoms with Gasteiger partial charge in [-0.15, -0.1) is 0 Å². The minimum absolute atomic E-state index is 0.476. The molecule has 3 aliphatic heterocycles. The predicted octanol–water partition coefficient (Wildman–Crippen LogP) is -10.1. The van der Waals surface area contributed by atoms with Gasteiger partial charge in [-0.1, -0.05) is 0 Å². The van der Waals surface area contributed by atoms with Crippen molar-refractivity contribution in [2.24, 2.45) is 0 Å². The topological polar surface area (TPSA) is 365 Å². The second-order valence-corrected chi connectivity index (χ2v) is 11.7. The molecule has 3 heterocycles. The summed E-state index contributed by atoms with van der Waals surface area (Å²) < 4.78 is 16.0. The Kier molecular flexibility index (Phi) is 11.5. The lowest BCUT2D eigenvalue weighted by molar-refractivity contribution is -0.379. The van der Waals surface area contributed by atoms with Crippen LogP contribution in [0, 0.1) is 0 Å². The van der Waals surface area contributed by atoms with Crippen molar-refractivity contribution in [2.75, 3.05) is 19.8 Å². The van der Waals surface area contributed by atoms with Crippen LogP contribution in [-0.2, 0) is 23.8 Å². The quantitative estimate of drug-likeness (QED) is 0.103. The Hall–Kier alpha value is -1.38. The van der Waals surface area contributed by atoms with E-state index >= 15 is 0 Å². The Morgan fingerprint density at radius 2 is 0.711 bits per heavy atom. The van der Waals surface area contributed by atoms with E-state index in [2.05, 4.69) is 0 Å². The van der Waals surface area contributed by atoms with Crippen LogP contribution >= 0.6 is 0 Å².